The molecule has 1 aromatic heterocycles. The summed E-state index contributed by atoms with van der Waals surface area (Å²) >= 11 is 0. The third-order valence-corrected chi connectivity index (χ3v) is 3.03. The molecule has 0 amide bonds. The second kappa shape index (κ2) is 6.55. The topological polar surface area (TPSA) is 105 Å². The quantitative estimate of drug-likeness (QED) is 0.726. The van der Waals surface area contributed by atoms with Crippen molar-refractivity contribution in [3.8, 4) is 0 Å². The summed E-state index contributed by atoms with van der Waals surface area (Å²) in [4.78, 5) is 11.9. The average Bonchev–Trinajstić information content (AvgIpc) is 2.44. The predicted octanol–water partition coefficient (Wildman–Crippen LogP) is 1.58. The summed E-state index contributed by atoms with van der Waals surface area (Å²) in [5.74, 6) is -0.572. The molecule has 0 unspecified atom stereocenters. The van der Waals surface area contributed by atoms with Crippen LogP contribution in [0.2, 0.25) is 0 Å². The van der Waals surface area contributed by atoms with Gasteiger partial charge in [-0.25, -0.2) is 14.4 Å². The van der Waals surface area contributed by atoms with Gasteiger partial charge in [-0.2, -0.15) is 4.98 Å². The summed E-state index contributed by atoms with van der Waals surface area (Å²) in [6.07, 6.45) is 0.264. The first-order chi connectivity index (χ1) is 10.1. The molecule has 2 rings (SSSR count). The molecule has 0 fully saturated rings. The number of benzene rings is 1. The molecule has 6 nitrogen and oxygen atoms in total. The molecule has 0 bridgehead atoms. The van der Waals surface area contributed by atoms with Crippen LogP contribution in [0.3, 0.4) is 0 Å². The number of aliphatic imine (C=N–C) groups is 1. The smallest absolute Gasteiger partial charge is 0.222 e. The largest absolute Gasteiger partial charge is 0.390 e. The molecule has 1 atom stereocenters. The fourth-order valence-electron chi connectivity index (χ4n) is 2.01. The first-order valence-corrected chi connectivity index (χ1v) is 6.65. The Kier molecular flexibility index (Phi) is 4.77. The molecule has 0 aliphatic rings. The summed E-state index contributed by atoms with van der Waals surface area (Å²) in [5, 5.41) is 19.4. The Hall–Kier alpha value is -2.12. The van der Waals surface area contributed by atoms with Gasteiger partial charge in [0, 0.05) is 0 Å². The standard InChI is InChI=1S/C14H17FN4O2/c1-2-4-11(21)10(7-20)17-13-12-8(15)5-3-6-9(12)18-14(16)19-13/h3,5-6,11,20-21H,2,4,7H2,1H3,(H2,16,18,19)/t11-/m1/s1. The van der Waals surface area contributed by atoms with Gasteiger partial charge in [0.15, 0.2) is 5.82 Å². The van der Waals surface area contributed by atoms with Crippen LogP contribution in [0, 0.1) is 5.82 Å². The SMILES string of the molecule is CCC[C@@H](O)C(CO)=Nc1nc(N)nc2cccc(F)c12. The number of nitrogens with two attached hydrogens (primary N) is 1. The van der Waals surface area contributed by atoms with E-state index in [4.69, 9.17) is 5.73 Å². The molecule has 7 heteroatoms. The fraction of sp³-hybridized carbons (Fsp3) is 0.357. The molecule has 0 aliphatic heterocycles. The van der Waals surface area contributed by atoms with Crippen molar-refractivity contribution in [2.24, 2.45) is 4.99 Å². The van der Waals surface area contributed by atoms with Crippen LogP contribution in [0.15, 0.2) is 23.2 Å². The summed E-state index contributed by atoms with van der Waals surface area (Å²) in [6, 6.07) is 4.37. The van der Waals surface area contributed by atoms with Crippen LogP contribution in [-0.4, -0.2) is 38.6 Å². The molecule has 0 aliphatic carbocycles. The van der Waals surface area contributed by atoms with Gasteiger partial charge in [0.2, 0.25) is 5.95 Å². The van der Waals surface area contributed by atoms with E-state index >= 15 is 0 Å². The van der Waals surface area contributed by atoms with E-state index < -0.39 is 18.5 Å². The number of hydrogen-bond acceptors (Lipinski definition) is 6. The molecule has 2 aromatic rings. The van der Waals surface area contributed by atoms with E-state index in [9.17, 15) is 14.6 Å². The van der Waals surface area contributed by atoms with Crippen molar-refractivity contribution >= 4 is 28.4 Å². The molecule has 0 saturated carbocycles. The number of aromatic nitrogens is 2. The highest BCUT2D eigenvalue weighted by molar-refractivity contribution is 5.96. The van der Waals surface area contributed by atoms with E-state index in [1.807, 2.05) is 6.92 Å². The second-order valence-corrected chi connectivity index (χ2v) is 4.61. The molecule has 21 heavy (non-hydrogen) atoms. The number of nitrogen functional groups attached to an aromatic ring is 1. The minimum atomic E-state index is -0.905. The number of aliphatic hydroxyl groups excluding tert-OH is 2. The lowest BCUT2D eigenvalue weighted by Gasteiger charge is -2.11. The molecular formula is C14H17FN4O2. The number of anilines is 1. The van der Waals surface area contributed by atoms with Crippen molar-refractivity contribution in [1.82, 2.24) is 9.97 Å². The van der Waals surface area contributed by atoms with Gasteiger partial charge in [-0.3, -0.25) is 0 Å². The van der Waals surface area contributed by atoms with E-state index in [0.29, 0.717) is 11.9 Å². The van der Waals surface area contributed by atoms with Gasteiger partial charge in [-0.1, -0.05) is 19.4 Å². The maximum absolute atomic E-state index is 14.0. The zero-order chi connectivity index (χ0) is 15.4. The van der Waals surface area contributed by atoms with Gasteiger partial charge in [-0.15, -0.1) is 0 Å². The molecule has 112 valence electrons. The van der Waals surface area contributed by atoms with Crippen LogP contribution in [0.4, 0.5) is 16.2 Å². The van der Waals surface area contributed by atoms with Crippen molar-refractivity contribution in [2.45, 2.75) is 25.9 Å². The van der Waals surface area contributed by atoms with Crippen LogP contribution in [-0.2, 0) is 0 Å². The van der Waals surface area contributed by atoms with E-state index in [1.54, 1.807) is 6.07 Å². The zero-order valence-electron chi connectivity index (χ0n) is 11.6. The van der Waals surface area contributed by atoms with Crippen LogP contribution < -0.4 is 5.73 Å². The summed E-state index contributed by atoms with van der Waals surface area (Å²) in [5.41, 5.74) is 6.04. The molecule has 1 heterocycles. The highest BCUT2D eigenvalue weighted by Gasteiger charge is 2.15. The lowest BCUT2D eigenvalue weighted by Crippen LogP contribution is -2.23. The van der Waals surface area contributed by atoms with Crippen LogP contribution in [0.25, 0.3) is 10.9 Å². The first-order valence-electron chi connectivity index (χ1n) is 6.65. The van der Waals surface area contributed by atoms with Crippen molar-refractivity contribution in [3.05, 3.63) is 24.0 Å². The Morgan fingerprint density at radius 3 is 2.86 bits per heavy atom. The summed E-state index contributed by atoms with van der Waals surface area (Å²) in [6.45, 7) is 1.46. The van der Waals surface area contributed by atoms with Crippen molar-refractivity contribution in [2.75, 3.05) is 12.3 Å². The maximum Gasteiger partial charge on any atom is 0.222 e. The lowest BCUT2D eigenvalue weighted by molar-refractivity contribution is 0.218. The average molecular weight is 292 g/mol. The van der Waals surface area contributed by atoms with E-state index in [0.717, 1.165) is 6.42 Å². The van der Waals surface area contributed by atoms with E-state index in [-0.39, 0.29) is 22.9 Å². The number of nitrogens with zero attached hydrogens (tertiary/aromatic N) is 3. The number of fused-ring (bicyclic) bond motifs is 1. The first kappa shape index (κ1) is 15.3. The maximum atomic E-state index is 14.0. The third-order valence-electron chi connectivity index (χ3n) is 3.03. The Morgan fingerprint density at radius 2 is 2.19 bits per heavy atom. The van der Waals surface area contributed by atoms with Gasteiger partial charge >= 0.3 is 0 Å². The van der Waals surface area contributed by atoms with Gasteiger partial charge < -0.3 is 15.9 Å². The third kappa shape index (κ3) is 3.32. The molecule has 4 N–H and O–H groups in total. The van der Waals surface area contributed by atoms with Crippen molar-refractivity contribution in [1.29, 1.82) is 0 Å². The van der Waals surface area contributed by atoms with Gasteiger partial charge in [0.25, 0.3) is 0 Å². The van der Waals surface area contributed by atoms with E-state index in [2.05, 4.69) is 15.0 Å². The minimum absolute atomic E-state index is 0.00908. The van der Waals surface area contributed by atoms with Crippen LogP contribution in [0.1, 0.15) is 19.8 Å². The van der Waals surface area contributed by atoms with E-state index in [1.165, 1.54) is 12.1 Å². The summed E-state index contributed by atoms with van der Waals surface area (Å²) < 4.78 is 14.0. The monoisotopic (exact) mass is 292 g/mol. The Balaban J connectivity index is 2.59. The van der Waals surface area contributed by atoms with Crippen molar-refractivity contribution < 1.29 is 14.6 Å². The molecule has 0 spiro atoms. The normalized spacial score (nSPS) is 13.6. The van der Waals surface area contributed by atoms with Crippen molar-refractivity contribution in [3.63, 3.8) is 0 Å². The zero-order valence-corrected chi connectivity index (χ0v) is 11.6. The number of rotatable bonds is 5. The fourth-order valence-corrected chi connectivity index (χ4v) is 2.01. The Morgan fingerprint density at radius 1 is 1.43 bits per heavy atom. The highest BCUT2D eigenvalue weighted by Crippen LogP contribution is 2.26. The molecular weight excluding hydrogens is 275 g/mol. The predicted molar refractivity (Wildman–Crippen MR) is 79.0 cm³/mol. The second-order valence-electron chi connectivity index (χ2n) is 4.61. The van der Waals surface area contributed by atoms with Crippen LogP contribution >= 0.6 is 0 Å². The lowest BCUT2D eigenvalue weighted by atomic mass is 10.1. The van der Waals surface area contributed by atoms with Gasteiger partial charge in [0.1, 0.15) is 5.82 Å². The Bertz CT molecular complexity index is 675. The molecule has 0 radical (unpaired) electrons. The molecule has 0 saturated heterocycles. The minimum Gasteiger partial charge on any atom is -0.390 e. The summed E-state index contributed by atoms with van der Waals surface area (Å²) in [7, 11) is 0. The number of halogens is 1. The number of aliphatic hydroxyl groups is 2. The Labute approximate surface area is 121 Å². The van der Waals surface area contributed by atoms with Gasteiger partial charge in [-0.05, 0) is 18.6 Å². The van der Waals surface area contributed by atoms with Crippen LogP contribution in [0.5, 0.6) is 0 Å². The molecule has 1 aromatic carbocycles. The number of hydrogen-bond donors (Lipinski definition) is 3. The van der Waals surface area contributed by atoms with Gasteiger partial charge in [0.05, 0.1) is 29.3 Å². The highest BCUT2D eigenvalue weighted by atomic mass is 19.1.